The normalized spacial score (nSPS) is 10.9. The van der Waals surface area contributed by atoms with Crippen LogP contribution in [0.25, 0.3) is 0 Å². The number of nitrogens with one attached hydrogen (secondary N) is 1. The first-order chi connectivity index (χ1) is 8.17. The van der Waals surface area contributed by atoms with E-state index < -0.39 is 0 Å². The fourth-order valence-electron chi connectivity index (χ4n) is 1.62. The fourth-order valence-corrected chi connectivity index (χ4v) is 1.92. The molecule has 0 saturated heterocycles. The van der Waals surface area contributed by atoms with Gasteiger partial charge in [0.2, 0.25) is 0 Å². The molecule has 1 heterocycles. The maximum absolute atomic E-state index is 13.4. The highest BCUT2D eigenvalue weighted by Crippen LogP contribution is 2.15. The van der Waals surface area contributed by atoms with Crippen molar-refractivity contribution >= 4 is 21.7 Å². The molecule has 1 N–H and O–H groups in total. The van der Waals surface area contributed by atoms with Gasteiger partial charge in [0, 0.05) is 23.8 Å². The molecule has 0 spiro atoms. The average molecular weight is 304 g/mol. The Morgan fingerprint density at radius 1 is 1.41 bits per heavy atom. The Labute approximate surface area is 111 Å². The van der Waals surface area contributed by atoms with Crippen LogP contribution >= 0.6 is 15.9 Å². The van der Waals surface area contributed by atoms with Gasteiger partial charge < -0.3 is 10.2 Å². The summed E-state index contributed by atoms with van der Waals surface area (Å²) in [5, 5.41) is 3.01. The zero-order valence-corrected chi connectivity index (χ0v) is 11.9. The summed E-state index contributed by atoms with van der Waals surface area (Å²) < 4.78 is 14.1. The number of nitrogens with zero attached hydrogens (tertiary/aromatic N) is 2. The van der Waals surface area contributed by atoms with Crippen molar-refractivity contribution in [1.29, 1.82) is 0 Å². The lowest BCUT2D eigenvalue weighted by molar-refractivity contribution is 0.300. The molecule has 0 aliphatic rings. The van der Waals surface area contributed by atoms with Gasteiger partial charge >= 0.3 is 0 Å². The van der Waals surface area contributed by atoms with Crippen molar-refractivity contribution in [2.24, 2.45) is 0 Å². The molecule has 0 aliphatic heterocycles. The third-order valence-electron chi connectivity index (χ3n) is 2.52. The van der Waals surface area contributed by atoms with E-state index in [1.807, 2.05) is 0 Å². The van der Waals surface area contributed by atoms with Crippen molar-refractivity contribution in [3.8, 4) is 0 Å². The van der Waals surface area contributed by atoms with Gasteiger partial charge in [-0.25, -0.2) is 9.37 Å². The Morgan fingerprint density at radius 2 is 2.18 bits per heavy atom. The lowest BCUT2D eigenvalue weighted by Crippen LogP contribution is -2.29. The minimum Gasteiger partial charge on any atom is -0.366 e. The van der Waals surface area contributed by atoms with Crippen molar-refractivity contribution in [3.05, 3.63) is 22.6 Å². The summed E-state index contributed by atoms with van der Waals surface area (Å²) in [6, 6.07) is 1.42. The van der Waals surface area contributed by atoms with E-state index in [0.717, 1.165) is 26.1 Å². The second kappa shape index (κ2) is 7.61. The molecule has 0 aliphatic carbocycles. The number of hydrogen-bond donors (Lipinski definition) is 1. The van der Waals surface area contributed by atoms with Crippen LogP contribution in [0.5, 0.6) is 0 Å². The Morgan fingerprint density at radius 3 is 2.76 bits per heavy atom. The van der Waals surface area contributed by atoms with Crippen LogP contribution in [0.15, 0.2) is 16.7 Å². The summed E-state index contributed by atoms with van der Waals surface area (Å²) >= 11 is 3.18. The standard InChI is InChI=1S/C12H19BrFN3/c1-3-6-17(4-2)7-5-15-12-11(14)8-10(13)9-16-12/h8-9H,3-7H2,1-2H3,(H,15,16). The summed E-state index contributed by atoms with van der Waals surface area (Å²) in [4.78, 5) is 6.32. The fraction of sp³-hybridized carbons (Fsp3) is 0.583. The Kier molecular flexibility index (Phi) is 6.44. The van der Waals surface area contributed by atoms with Crippen LogP contribution in [0.2, 0.25) is 0 Å². The number of pyridine rings is 1. The first-order valence-electron chi connectivity index (χ1n) is 5.94. The third kappa shape index (κ3) is 5.00. The maximum Gasteiger partial charge on any atom is 0.166 e. The van der Waals surface area contributed by atoms with Crippen LogP contribution in [-0.2, 0) is 0 Å². The molecule has 0 atom stereocenters. The summed E-state index contributed by atoms with van der Waals surface area (Å²) in [5.41, 5.74) is 0. The Hall–Kier alpha value is -0.680. The molecule has 0 radical (unpaired) electrons. The molecule has 1 rings (SSSR count). The molecule has 3 nitrogen and oxygen atoms in total. The molecule has 17 heavy (non-hydrogen) atoms. The highest BCUT2D eigenvalue weighted by atomic mass is 79.9. The lowest BCUT2D eigenvalue weighted by Gasteiger charge is -2.19. The van der Waals surface area contributed by atoms with Gasteiger partial charge in [-0.2, -0.15) is 0 Å². The molecule has 0 amide bonds. The monoisotopic (exact) mass is 303 g/mol. The Bertz CT molecular complexity index is 347. The van der Waals surface area contributed by atoms with E-state index in [1.54, 1.807) is 6.20 Å². The van der Waals surface area contributed by atoms with E-state index in [4.69, 9.17) is 0 Å². The number of anilines is 1. The predicted molar refractivity (Wildman–Crippen MR) is 72.8 cm³/mol. The van der Waals surface area contributed by atoms with Gasteiger partial charge in [0.15, 0.2) is 11.6 Å². The van der Waals surface area contributed by atoms with E-state index in [0.29, 0.717) is 16.8 Å². The van der Waals surface area contributed by atoms with Crippen LogP contribution in [0, 0.1) is 5.82 Å². The SMILES string of the molecule is CCCN(CC)CCNc1ncc(Br)cc1F. The van der Waals surface area contributed by atoms with Crippen molar-refractivity contribution in [3.63, 3.8) is 0 Å². The highest BCUT2D eigenvalue weighted by molar-refractivity contribution is 9.10. The Balaban J connectivity index is 2.39. The van der Waals surface area contributed by atoms with E-state index in [1.165, 1.54) is 6.07 Å². The van der Waals surface area contributed by atoms with Crippen molar-refractivity contribution in [1.82, 2.24) is 9.88 Å². The molecule has 0 bridgehead atoms. The largest absolute Gasteiger partial charge is 0.366 e. The lowest BCUT2D eigenvalue weighted by atomic mass is 10.4. The minimum absolute atomic E-state index is 0.320. The molecule has 1 aromatic rings. The zero-order chi connectivity index (χ0) is 12.7. The van der Waals surface area contributed by atoms with Gasteiger partial charge in [-0.1, -0.05) is 13.8 Å². The van der Waals surface area contributed by atoms with Crippen LogP contribution in [0.4, 0.5) is 10.2 Å². The molecule has 1 aromatic heterocycles. The number of likely N-dealkylation sites (N-methyl/N-ethyl adjacent to an activating group) is 1. The molecule has 5 heteroatoms. The van der Waals surface area contributed by atoms with E-state index in [2.05, 4.69) is 45.0 Å². The maximum atomic E-state index is 13.4. The summed E-state index contributed by atoms with van der Waals surface area (Å²) in [6.45, 7) is 8.00. The van der Waals surface area contributed by atoms with Gasteiger partial charge in [-0.05, 0) is 41.5 Å². The number of aromatic nitrogens is 1. The molecular weight excluding hydrogens is 285 g/mol. The second-order valence-corrected chi connectivity index (χ2v) is 4.76. The van der Waals surface area contributed by atoms with Gasteiger partial charge in [0.05, 0.1) is 0 Å². The van der Waals surface area contributed by atoms with Crippen LogP contribution < -0.4 is 5.32 Å². The smallest absolute Gasteiger partial charge is 0.166 e. The number of hydrogen-bond acceptors (Lipinski definition) is 3. The first-order valence-corrected chi connectivity index (χ1v) is 6.74. The van der Waals surface area contributed by atoms with E-state index in [9.17, 15) is 4.39 Å². The molecular formula is C12H19BrFN3. The highest BCUT2D eigenvalue weighted by Gasteiger charge is 2.05. The van der Waals surface area contributed by atoms with Crippen molar-refractivity contribution < 1.29 is 4.39 Å². The van der Waals surface area contributed by atoms with Crippen molar-refractivity contribution in [2.75, 3.05) is 31.5 Å². The topological polar surface area (TPSA) is 28.2 Å². The zero-order valence-electron chi connectivity index (χ0n) is 10.3. The van der Waals surface area contributed by atoms with E-state index in [-0.39, 0.29) is 5.82 Å². The molecule has 0 aromatic carbocycles. The third-order valence-corrected chi connectivity index (χ3v) is 2.95. The van der Waals surface area contributed by atoms with E-state index >= 15 is 0 Å². The predicted octanol–water partition coefficient (Wildman–Crippen LogP) is 3.13. The quantitative estimate of drug-likeness (QED) is 0.839. The van der Waals surface area contributed by atoms with Crippen molar-refractivity contribution in [2.45, 2.75) is 20.3 Å². The van der Waals surface area contributed by atoms with Crippen LogP contribution in [0.3, 0.4) is 0 Å². The summed E-state index contributed by atoms with van der Waals surface area (Å²) in [6.07, 6.45) is 2.73. The molecule has 96 valence electrons. The summed E-state index contributed by atoms with van der Waals surface area (Å²) in [5.74, 6) is -0.00123. The average Bonchev–Trinajstić information content (AvgIpc) is 2.30. The minimum atomic E-state index is -0.321. The molecule has 0 saturated carbocycles. The van der Waals surface area contributed by atoms with Gasteiger partial charge in [-0.3, -0.25) is 0 Å². The molecule has 0 fully saturated rings. The molecule has 0 unspecified atom stereocenters. The first kappa shape index (κ1) is 14.4. The second-order valence-electron chi connectivity index (χ2n) is 3.85. The number of halogens is 2. The van der Waals surface area contributed by atoms with Crippen LogP contribution in [0.1, 0.15) is 20.3 Å². The van der Waals surface area contributed by atoms with Gasteiger partial charge in [0.1, 0.15) is 0 Å². The summed E-state index contributed by atoms with van der Waals surface area (Å²) in [7, 11) is 0. The van der Waals surface area contributed by atoms with Gasteiger partial charge in [0.25, 0.3) is 0 Å². The van der Waals surface area contributed by atoms with Crippen LogP contribution in [-0.4, -0.2) is 36.1 Å². The van der Waals surface area contributed by atoms with Gasteiger partial charge in [-0.15, -0.1) is 0 Å². The number of rotatable bonds is 7.